The topological polar surface area (TPSA) is 55.5 Å². The number of benzene rings is 2. The monoisotopic (exact) mass is 257 g/mol. The van der Waals surface area contributed by atoms with Crippen LogP contribution in [0.25, 0.3) is 10.8 Å². The summed E-state index contributed by atoms with van der Waals surface area (Å²) in [5.41, 5.74) is 6.66. The summed E-state index contributed by atoms with van der Waals surface area (Å²) in [6, 6.07) is 12.0. The zero-order valence-corrected chi connectivity index (χ0v) is 10.9. The highest BCUT2D eigenvalue weighted by Gasteiger charge is 2.21. The van der Waals surface area contributed by atoms with E-state index in [1.54, 1.807) is 0 Å². The first-order valence-corrected chi connectivity index (χ1v) is 6.85. The predicted molar refractivity (Wildman–Crippen MR) is 77.3 cm³/mol. The van der Waals surface area contributed by atoms with Crippen molar-refractivity contribution in [2.24, 2.45) is 0 Å². The third kappa shape index (κ3) is 2.66. The van der Waals surface area contributed by atoms with Crippen LogP contribution in [0.15, 0.2) is 36.4 Å². The highest BCUT2D eigenvalue weighted by molar-refractivity contribution is 5.91. The van der Waals surface area contributed by atoms with Crippen molar-refractivity contribution in [1.29, 1.82) is 0 Å². The molecule has 1 aliphatic carbocycles. The Morgan fingerprint density at radius 3 is 2.58 bits per heavy atom. The van der Waals surface area contributed by atoms with Crippen LogP contribution in [-0.4, -0.2) is 17.3 Å². The lowest BCUT2D eigenvalue weighted by atomic mass is 9.95. The molecule has 3 nitrogen and oxygen atoms in total. The van der Waals surface area contributed by atoms with E-state index in [0.29, 0.717) is 0 Å². The van der Waals surface area contributed by atoms with E-state index in [4.69, 9.17) is 10.5 Å². The molecule has 1 saturated carbocycles. The molecule has 1 aliphatic rings. The van der Waals surface area contributed by atoms with Gasteiger partial charge in [-0.15, -0.1) is 0 Å². The standard InChI is InChI=1S/C16H19NO2/c17-12-9-11-3-1-2-4-15(11)16(10-12)19-14-7-5-13(18)6-8-14/h1-4,9-10,13-14,18H,5-8,17H2. The molecular weight excluding hydrogens is 238 g/mol. The fraction of sp³-hybridized carbons (Fsp3) is 0.375. The minimum absolute atomic E-state index is 0.155. The summed E-state index contributed by atoms with van der Waals surface area (Å²) in [5.74, 6) is 0.858. The number of nitrogens with two attached hydrogens (primary N) is 1. The van der Waals surface area contributed by atoms with Crippen molar-refractivity contribution < 1.29 is 9.84 Å². The van der Waals surface area contributed by atoms with Gasteiger partial charge < -0.3 is 15.6 Å². The van der Waals surface area contributed by atoms with E-state index in [1.807, 2.05) is 30.3 Å². The zero-order valence-electron chi connectivity index (χ0n) is 10.9. The number of aliphatic hydroxyl groups excluding tert-OH is 1. The van der Waals surface area contributed by atoms with Crippen molar-refractivity contribution in [2.45, 2.75) is 37.9 Å². The van der Waals surface area contributed by atoms with E-state index in [0.717, 1.165) is 47.9 Å². The Morgan fingerprint density at radius 1 is 1.05 bits per heavy atom. The number of rotatable bonds is 2. The number of hydrogen-bond acceptors (Lipinski definition) is 3. The van der Waals surface area contributed by atoms with Crippen molar-refractivity contribution in [2.75, 3.05) is 5.73 Å². The lowest BCUT2D eigenvalue weighted by molar-refractivity contribution is 0.0673. The molecule has 19 heavy (non-hydrogen) atoms. The van der Waals surface area contributed by atoms with Gasteiger partial charge in [-0.25, -0.2) is 0 Å². The van der Waals surface area contributed by atoms with Gasteiger partial charge in [0.2, 0.25) is 0 Å². The molecule has 3 heteroatoms. The minimum Gasteiger partial charge on any atom is -0.490 e. The maximum absolute atomic E-state index is 9.53. The number of ether oxygens (including phenoxy) is 1. The molecule has 0 radical (unpaired) electrons. The van der Waals surface area contributed by atoms with Gasteiger partial charge in [0.25, 0.3) is 0 Å². The molecule has 0 saturated heterocycles. The van der Waals surface area contributed by atoms with Crippen LogP contribution in [0.1, 0.15) is 25.7 Å². The van der Waals surface area contributed by atoms with Crippen molar-refractivity contribution >= 4 is 16.5 Å². The highest BCUT2D eigenvalue weighted by atomic mass is 16.5. The maximum atomic E-state index is 9.53. The van der Waals surface area contributed by atoms with Crippen molar-refractivity contribution in [3.05, 3.63) is 36.4 Å². The Morgan fingerprint density at radius 2 is 1.79 bits per heavy atom. The molecule has 0 unspecified atom stereocenters. The van der Waals surface area contributed by atoms with Gasteiger partial charge in [0.15, 0.2) is 0 Å². The van der Waals surface area contributed by atoms with E-state index in [9.17, 15) is 5.11 Å². The molecule has 3 rings (SSSR count). The lowest BCUT2D eigenvalue weighted by Crippen LogP contribution is -2.26. The SMILES string of the molecule is Nc1cc(OC2CCC(O)CC2)c2ccccc2c1. The molecule has 0 bridgehead atoms. The molecule has 0 atom stereocenters. The van der Waals surface area contributed by atoms with Gasteiger partial charge in [0.1, 0.15) is 5.75 Å². The quantitative estimate of drug-likeness (QED) is 0.813. The number of nitrogen functional groups attached to an aromatic ring is 1. The van der Waals surface area contributed by atoms with Crippen molar-refractivity contribution in [1.82, 2.24) is 0 Å². The van der Waals surface area contributed by atoms with Crippen LogP contribution in [-0.2, 0) is 0 Å². The second kappa shape index (κ2) is 5.10. The first-order valence-electron chi connectivity index (χ1n) is 6.85. The van der Waals surface area contributed by atoms with Crippen LogP contribution in [0, 0.1) is 0 Å². The smallest absolute Gasteiger partial charge is 0.129 e. The largest absolute Gasteiger partial charge is 0.490 e. The third-order valence-corrected chi connectivity index (χ3v) is 3.78. The number of aliphatic hydroxyl groups is 1. The van der Waals surface area contributed by atoms with E-state index < -0.39 is 0 Å². The molecule has 3 N–H and O–H groups in total. The van der Waals surface area contributed by atoms with Crippen LogP contribution in [0.5, 0.6) is 5.75 Å². The van der Waals surface area contributed by atoms with E-state index in [-0.39, 0.29) is 12.2 Å². The summed E-state index contributed by atoms with van der Waals surface area (Å²) in [6.07, 6.45) is 3.50. The fourth-order valence-electron chi connectivity index (χ4n) is 2.74. The molecule has 0 amide bonds. The first kappa shape index (κ1) is 12.3. The van der Waals surface area contributed by atoms with Gasteiger partial charge in [0.05, 0.1) is 12.2 Å². The second-order valence-corrected chi connectivity index (χ2v) is 5.29. The number of anilines is 1. The molecule has 2 aromatic rings. The molecule has 0 spiro atoms. The van der Waals surface area contributed by atoms with Gasteiger partial charge in [-0.05, 0) is 37.1 Å². The van der Waals surface area contributed by atoms with Crippen LogP contribution in [0.3, 0.4) is 0 Å². The maximum Gasteiger partial charge on any atom is 0.129 e. The molecule has 0 aromatic heterocycles. The Hall–Kier alpha value is -1.74. The molecule has 0 heterocycles. The van der Waals surface area contributed by atoms with Crippen LogP contribution >= 0.6 is 0 Å². The van der Waals surface area contributed by atoms with E-state index in [2.05, 4.69) is 6.07 Å². The first-order chi connectivity index (χ1) is 9.22. The van der Waals surface area contributed by atoms with Crippen molar-refractivity contribution in [3.8, 4) is 5.75 Å². The van der Waals surface area contributed by atoms with Crippen LogP contribution < -0.4 is 10.5 Å². The van der Waals surface area contributed by atoms with Gasteiger partial charge in [-0.3, -0.25) is 0 Å². The molecule has 0 aliphatic heterocycles. The van der Waals surface area contributed by atoms with Crippen molar-refractivity contribution in [3.63, 3.8) is 0 Å². The third-order valence-electron chi connectivity index (χ3n) is 3.78. The van der Waals surface area contributed by atoms with E-state index in [1.165, 1.54) is 0 Å². The minimum atomic E-state index is -0.155. The van der Waals surface area contributed by atoms with Gasteiger partial charge in [-0.2, -0.15) is 0 Å². The normalized spacial score (nSPS) is 23.4. The highest BCUT2D eigenvalue weighted by Crippen LogP contribution is 2.32. The average molecular weight is 257 g/mol. The fourth-order valence-corrected chi connectivity index (χ4v) is 2.74. The van der Waals surface area contributed by atoms with E-state index >= 15 is 0 Å². The lowest BCUT2D eigenvalue weighted by Gasteiger charge is -2.26. The average Bonchev–Trinajstić information content (AvgIpc) is 2.41. The van der Waals surface area contributed by atoms with Gasteiger partial charge in [0, 0.05) is 17.1 Å². The second-order valence-electron chi connectivity index (χ2n) is 5.29. The summed E-state index contributed by atoms with van der Waals surface area (Å²) in [7, 11) is 0. The Balaban J connectivity index is 1.88. The Labute approximate surface area is 113 Å². The molecule has 1 fully saturated rings. The summed E-state index contributed by atoms with van der Waals surface area (Å²) >= 11 is 0. The Kier molecular flexibility index (Phi) is 3.30. The zero-order chi connectivity index (χ0) is 13.2. The summed E-state index contributed by atoms with van der Waals surface area (Å²) in [4.78, 5) is 0. The summed E-state index contributed by atoms with van der Waals surface area (Å²) in [6.45, 7) is 0. The Bertz CT molecular complexity index is 574. The number of fused-ring (bicyclic) bond motifs is 1. The van der Waals surface area contributed by atoms with Gasteiger partial charge >= 0.3 is 0 Å². The number of hydrogen-bond donors (Lipinski definition) is 2. The molecular formula is C16H19NO2. The van der Waals surface area contributed by atoms with Crippen LogP contribution in [0.2, 0.25) is 0 Å². The molecule has 2 aromatic carbocycles. The van der Waals surface area contributed by atoms with Crippen LogP contribution in [0.4, 0.5) is 5.69 Å². The van der Waals surface area contributed by atoms with Gasteiger partial charge in [-0.1, -0.05) is 24.3 Å². The predicted octanol–water partition coefficient (Wildman–Crippen LogP) is 3.10. The summed E-state index contributed by atoms with van der Waals surface area (Å²) < 4.78 is 6.11. The summed E-state index contributed by atoms with van der Waals surface area (Å²) in [5, 5.41) is 11.7. The molecule has 100 valence electrons.